The molecule has 4 rings (SSSR count). The molecule has 2 aromatic heterocycles. The monoisotopic (exact) mass is 416 g/mol. The third kappa shape index (κ3) is 4.83. The topological polar surface area (TPSA) is 89.1 Å². The summed E-state index contributed by atoms with van der Waals surface area (Å²) in [7, 11) is 1.37. The number of nitrogens with one attached hydrogen (secondary N) is 2. The van der Waals surface area contributed by atoms with Crippen LogP contribution in [0.3, 0.4) is 0 Å². The van der Waals surface area contributed by atoms with Gasteiger partial charge in [0.25, 0.3) is 0 Å². The zero-order valence-electron chi connectivity index (χ0n) is 17.5. The number of carbonyl (C=O) groups excluding carboxylic acids is 1. The fraction of sp³-hybridized carbons (Fsp3) is 0.208. The Morgan fingerprint density at radius 3 is 2.61 bits per heavy atom. The first-order chi connectivity index (χ1) is 15.1. The third-order valence-electron chi connectivity index (χ3n) is 5.05. The quantitative estimate of drug-likeness (QED) is 0.403. The van der Waals surface area contributed by atoms with Crippen molar-refractivity contribution < 1.29 is 14.3 Å². The number of esters is 1. The van der Waals surface area contributed by atoms with Gasteiger partial charge in [-0.05, 0) is 48.4 Å². The molecule has 2 aromatic carbocycles. The van der Waals surface area contributed by atoms with E-state index in [2.05, 4.69) is 44.1 Å². The van der Waals surface area contributed by atoms with E-state index in [0.717, 1.165) is 28.1 Å². The van der Waals surface area contributed by atoms with Gasteiger partial charge in [-0.15, -0.1) is 0 Å². The fourth-order valence-electron chi connectivity index (χ4n) is 3.33. The summed E-state index contributed by atoms with van der Waals surface area (Å²) in [6.45, 7) is 2.39. The summed E-state index contributed by atoms with van der Waals surface area (Å²) >= 11 is 0. The van der Waals surface area contributed by atoms with Crippen LogP contribution in [0.15, 0.2) is 67.0 Å². The summed E-state index contributed by atoms with van der Waals surface area (Å²) in [5.74, 6) is 1.19. The highest BCUT2D eigenvalue weighted by atomic mass is 16.5. The maximum Gasteiger partial charge on any atom is 0.308 e. The molecule has 0 aliphatic heterocycles. The van der Waals surface area contributed by atoms with Gasteiger partial charge in [0, 0.05) is 11.7 Å². The lowest BCUT2D eigenvalue weighted by molar-refractivity contribution is -0.141. The molecule has 2 N–H and O–H groups in total. The molecule has 0 spiro atoms. The SMILES string of the molecule is COC(=O)CCOc1ccc(-c2cc3c(N[C@H](C)c4ccccc4)ncnc3[nH]2)cc1. The van der Waals surface area contributed by atoms with Gasteiger partial charge in [-0.2, -0.15) is 0 Å². The molecule has 0 fully saturated rings. The molecule has 0 amide bonds. The number of carbonyl (C=O) groups is 1. The highest BCUT2D eigenvalue weighted by Crippen LogP contribution is 2.29. The van der Waals surface area contributed by atoms with Crippen LogP contribution in [0.5, 0.6) is 5.75 Å². The number of hydrogen-bond donors (Lipinski definition) is 2. The van der Waals surface area contributed by atoms with Crippen LogP contribution in [0.1, 0.15) is 24.9 Å². The van der Waals surface area contributed by atoms with Crippen molar-refractivity contribution in [1.82, 2.24) is 15.0 Å². The van der Waals surface area contributed by atoms with Gasteiger partial charge in [-0.3, -0.25) is 4.79 Å². The highest BCUT2D eigenvalue weighted by Gasteiger charge is 2.12. The van der Waals surface area contributed by atoms with Gasteiger partial charge >= 0.3 is 5.97 Å². The molecule has 0 unspecified atom stereocenters. The first-order valence-electron chi connectivity index (χ1n) is 10.1. The van der Waals surface area contributed by atoms with E-state index in [9.17, 15) is 4.79 Å². The summed E-state index contributed by atoms with van der Waals surface area (Å²) in [6.07, 6.45) is 1.77. The van der Waals surface area contributed by atoms with Crippen LogP contribution in [0.4, 0.5) is 5.82 Å². The highest BCUT2D eigenvalue weighted by molar-refractivity contribution is 5.91. The van der Waals surface area contributed by atoms with Crippen molar-refractivity contribution >= 4 is 22.8 Å². The molecule has 0 saturated carbocycles. The van der Waals surface area contributed by atoms with E-state index in [-0.39, 0.29) is 25.0 Å². The molecular formula is C24H24N4O3. The molecule has 0 radical (unpaired) electrons. The van der Waals surface area contributed by atoms with E-state index in [1.165, 1.54) is 12.7 Å². The van der Waals surface area contributed by atoms with Crippen molar-refractivity contribution in [3.63, 3.8) is 0 Å². The van der Waals surface area contributed by atoms with Crippen molar-refractivity contribution in [3.8, 4) is 17.0 Å². The number of methoxy groups -OCH3 is 1. The number of hydrogen-bond acceptors (Lipinski definition) is 6. The molecule has 0 aliphatic carbocycles. The minimum absolute atomic E-state index is 0.110. The van der Waals surface area contributed by atoms with E-state index >= 15 is 0 Å². The van der Waals surface area contributed by atoms with Crippen LogP contribution in [-0.2, 0) is 9.53 Å². The summed E-state index contributed by atoms with van der Waals surface area (Å²) in [6, 6.07) is 20.1. The van der Waals surface area contributed by atoms with Crippen molar-refractivity contribution in [2.75, 3.05) is 19.0 Å². The second-order valence-electron chi connectivity index (χ2n) is 7.14. The molecule has 7 nitrogen and oxygen atoms in total. The maximum absolute atomic E-state index is 11.2. The first-order valence-corrected chi connectivity index (χ1v) is 10.1. The number of H-pyrrole nitrogens is 1. The van der Waals surface area contributed by atoms with Gasteiger partial charge in [-0.1, -0.05) is 30.3 Å². The van der Waals surface area contributed by atoms with Crippen LogP contribution in [0, 0.1) is 0 Å². The van der Waals surface area contributed by atoms with Crippen LogP contribution in [-0.4, -0.2) is 34.6 Å². The van der Waals surface area contributed by atoms with Gasteiger partial charge in [0.1, 0.15) is 23.5 Å². The van der Waals surface area contributed by atoms with E-state index < -0.39 is 0 Å². The number of fused-ring (bicyclic) bond motifs is 1. The zero-order chi connectivity index (χ0) is 21.6. The molecule has 2 heterocycles. The molecule has 31 heavy (non-hydrogen) atoms. The third-order valence-corrected chi connectivity index (χ3v) is 5.05. The normalized spacial score (nSPS) is 11.8. The predicted molar refractivity (Wildman–Crippen MR) is 120 cm³/mol. The second-order valence-corrected chi connectivity index (χ2v) is 7.14. The lowest BCUT2D eigenvalue weighted by atomic mass is 10.1. The van der Waals surface area contributed by atoms with E-state index in [1.807, 2.05) is 48.5 Å². The molecular weight excluding hydrogens is 392 g/mol. The van der Waals surface area contributed by atoms with Crippen molar-refractivity contribution in [2.24, 2.45) is 0 Å². The minimum atomic E-state index is -0.290. The average Bonchev–Trinajstić information content (AvgIpc) is 3.25. The van der Waals surface area contributed by atoms with Crippen LogP contribution in [0.25, 0.3) is 22.3 Å². The molecule has 0 aliphatic rings. The Hall–Kier alpha value is -3.87. The Labute approximate surface area is 180 Å². The molecule has 0 saturated heterocycles. The zero-order valence-corrected chi connectivity index (χ0v) is 17.5. The van der Waals surface area contributed by atoms with Crippen LogP contribution in [0.2, 0.25) is 0 Å². The Morgan fingerprint density at radius 1 is 1.10 bits per heavy atom. The van der Waals surface area contributed by atoms with Gasteiger partial charge in [0.15, 0.2) is 0 Å². The van der Waals surface area contributed by atoms with Crippen molar-refractivity contribution in [1.29, 1.82) is 0 Å². The van der Waals surface area contributed by atoms with E-state index in [1.54, 1.807) is 6.33 Å². The van der Waals surface area contributed by atoms with Crippen molar-refractivity contribution in [3.05, 3.63) is 72.6 Å². The van der Waals surface area contributed by atoms with Crippen molar-refractivity contribution in [2.45, 2.75) is 19.4 Å². The van der Waals surface area contributed by atoms with Crippen LogP contribution >= 0.6 is 0 Å². The molecule has 0 bridgehead atoms. The summed E-state index contributed by atoms with van der Waals surface area (Å²) < 4.78 is 10.2. The van der Waals surface area contributed by atoms with E-state index in [4.69, 9.17) is 4.74 Å². The number of nitrogens with zero attached hydrogens (tertiary/aromatic N) is 2. The Kier molecular flexibility index (Phi) is 6.12. The maximum atomic E-state index is 11.2. The molecule has 4 aromatic rings. The predicted octanol–water partition coefficient (Wildman–Crippen LogP) is 4.74. The van der Waals surface area contributed by atoms with Crippen LogP contribution < -0.4 is 10.1 Å². The van der Waals surface area contributed by atoms with E-state index in [0.29, 0.717) is 5.75 Å². The standard InChI is InChI=1S/C24H24N4O3/c1-16(17-6-4-3-5-7-17)27-23-20-14-21(28-24(20)26-15-25-23)18-8-10-19(11-9-18)31-13-12-22(29)30-2/h3-11,14-16H,12-13H2,1-2H3,(H2,25,26,27,28)/t16-/m1/s1. The lowest BCUT2D eigenvalue weighted by Gasteiger charge is -2.15. The smallest absolute Gasteiger partial charge is 0.308 e. The number of aromatic nitrogens is 3. The Bertz CT molecular complexity index is 1160. The summed E-state index contributed by atoms with van der Waals surface area (Å²) in [5, 5.41) is 4.41. The minimum Gasteiger partial charge on any atom is -0.493 e. The Balaban J connectivity index is 1.50. The lowest BCUT2D eigenvalue weighted by Crippen LogP contribution is -2.08. The number of anilines is 1. The molecule has 7 heteroatoms. The Morgan fingerprint density at radius 2 is 1.87 bits per heavy atom. The average molecular weight is 416 g/mol. The number of rotatable bonds is 8. The van der Waals surface area contributed by atoms with Gasteiger partial charge in [0.05, 0.1) is 25.5 Å². The largest absolute Gasteiger partial charge is 0.493 e. The summed E-state index contributed by atoms with van der Waals surface area (Å²) in [5.41, 5.74) is 3.89. The molecule has 1 atom stereocenters. The second kappa shape index (κ2) is 9.30. The molecule has 158 valence electrons. The summed E-state index contributed by atoms with van der Waals surface area (Å²) in [4.78, 5) is 23.4. The van der Waals surface area contributed by atoms with Gasteiger partial charge < -0.3 is 19.8 Å². The van der Waals surface area contributed by atoms with Gasteiger partial charge in [-0.25, -0.2) is 9.97 Å². The fourth-order valence-corrected chi connectivity index (χ4v) is 3.33. The number of benzene rings is 2. The first kappa shape index (κ1) is 20.4. The number of aromatic amines is 1. The van der Waals surface area contributed by atoms with Gasteiger partial charge in [0.2, 0.25) is 0 Å². The number of ether oxygens (including phenoxy) is 2.